The summed E-state index contributed by atoms with van der Waals surface area (Å²) in [5.74, 6) is 0. The van der Waals surface area contributed by atoms with Crippen molar-refractivity contribution in [2.45, 2.75) is 70.7 Å². The maximum atomic E-state index is 9.45. The highest BCUT2D eigenvalue weighted by atomic mass is 16.6. The smallest absolute Gasteiger partial charge is 0.110 e. The molecule has 0 saturated carbocycles. The third-order valence-corrected chi connectivity index (χ3v) is 2.76. The number of unbranched alkanes of at least 4 members (excludes halogenated alkanes) is 3. The number of ether oxygens (including phenoxy) is 1. The van der Waals surface area contributed by atoms with Crippen molar-refractivity contribution in [2.24, 2.45) is 0 Å². The molecule has 1 aliphatic rings. The molecule has 0 aromatic heterocycles. The van der Waals surface area contributed by atoms with E-state index in [2.05, 4.69) is 6.92 Å². The summed E-state index contributed by atoms with van der Waals surface area (Å²) in [6, 6.07) is 0. The molecule has 78 valence electrons. The van der Waals surface area contributed by atoms with Gasteiger partial charge in [0.05, 0.1) is 12.2 Å². The van der Waals surface area contributed by atoms with Gasteiger partial charge in [-0.3, -0.25) is 0 Å². The van der Waals surface area contributed by atoms with Crippen molar-refractivity contribution in [3.05, 3.63) is 0 Å². The second-order valence-corrected chi connectivity index (χ2v) is 3.96. The molecule has 0 unspecified atom stereocenters. The molecule has 2 nitrogen and oxygen atoms in total. The van der Waals surface area contributed by atoms with E-state index in [1.165, 1.54) is 25.7 Å². The van der Waals surface area contributed by atoms with E-state index in [-0.39, 0.29) is 12.2 Å². The fourth-order valence-electron chi connectivity index (χ4n) is 1.73. The van der Waals surface area contributed by atoms with Crippen LogP contribution in [0.4, 0.5) is 0 Å². The van der Waals surface area contributed by atoms with Gasteiger partial charge in [0.15, 0.2) is 0 Å². The topological polar surface area (TPSA) is 32.8 Å². The third-order valence-electron chi connectivity index (χ3n) is 2.76. The Kier molecular flexibility index (Phi) is 4.74. The summed E-state index contributed by atoms with van der Waals surface area (Å²) in [6.07, 6.45) is 7.43. The van der Waals surface area contributed by atoms with E-state index < -0.39 is 0 Å². The average Bonchev–Trinajstić information content (AvgIpc) is 2.91. The number of epoxide rings is 1. The first-order valence-electron chi connectivity index (χ1n) is 5.63. The molecule has 1 rings (SSSR count). The number of aliphatic hydroxyl groups is 1. The molecule has 13 heavy (non-hydrogen) atoms. The van der Waals surface area contributed by atoms with E-state index in [9.17, 15) is 5.11 Å². The van der Waals surface area contributed by atoms with Crippen LogP contribution in [0.1, 0.15) is 52.4 Å². The highest BCUT2D eigenvalue weighted by Crippen LogP contribution is 2.31. The molecule has 0 bridgehead atoms. The summed E-state index contributed by atoms with van der Waals surface area (Å²) in [4.78, 5) is 0. The first-order chi connectivity index (χ1) is 6.29. The second-order valence-electron chi connectivity index (χ2n) is 3.96. The largest absolute Gasteiger partial charge is 0.390 e. The van der Waals surface area contributed by atoms with Crippen molar-refractivity contribution >= 4 is 0 Å². The molecule has 0 aliphatic carbocycles. The van der Waals surface area contributed by atoms with E-state index in [0.717, 1.165) is 12.8 Å². The van der Waals surface area contributed by atoms with Crippen LogP contribution in [0.2, 0.25) is 0 Å². The molecule has 1 heterocycles. The Morgan fingerprint density at radius 1 is 1.23 bits per heavy atom. The number of hydrogen-bond acceptors (Lipinski definition) is 2. The summed E-state index contributed by atoms with van der Waals surface area (Å²) in [5.41, 5.74) is 0. The Morgan fingerprint density at radius 3 is 2.62 bits per heavy atom. The van der Waals surface area contributed by atoms with E-state index in [1.807, 2.05) is 6.92 Å². The van der Waals surface area contributed by atoms with Crippen molar-refractivity contribution in [1.29, 1.82) is 0 Å². The lowest BCUT2D eigenvalue weighted by Gasteiger charge is -2.01. The maximum absolute atomic E-state index is 9.45. The van der Waals surface area contributed by atoms with Gasteiger partial charge in [0.1, 0.15) is 6.10 Å². The average molecular weight is 186 g/mol. The summed E-state index contributed by atoms with van der Waals surface area (Å²) in [7, 11) is 0. The van der Waals surface area contributed by atoms with E-state index >= 15 is 0 Å². The highest BCUT2D eigenvalue weighted by molar-refractivity contribution is 4.89. The van der Waals surface area contributed by atoms with Crippen molar-refractivity contribution in [3.63, 3.8) is 0 Å². The predicted octanol–water partition coefficient (Wildman–Crippen LogP) is 2.50. The predicted molar refractivity (Wildman–Crippen MR) is 53.7 cm³/mol. The first kappa shape index (κ1) is 11.0. The SMILES string of the molecule is CCCCCC[C@@H]1O[C@H]1[C@H](O)CC. The van der Waals surface area contributed by atoms with Gasteiger partial charge in [0, 0.05) is 0 Å². The number of aliphatic hydroxyl groups excluding tert-OH is 1. The molecular formula is C11H22O2. The Morgan fingerprint density at radius 2 is 2.00 bits per heavy atom. The molecule has 0 amide bonds. The van der Waals surface area contributed by atoms with Crippen molar-refractivity contribution < 1.29 is 9.84 Å². The zero-order valence-corrected chi connectivity index (χ0v) is 8.83. The molecule has 2 heteroatoms. The molecule has 0 spiro atoms. The first-order valence-corrected chi connectivity index (χ1v) is 5.63. The summed E-state index contributed by atoms with van der Waals surface area (Å²) >= 11 is 0. The van der Waals surface area contributed by atoms with E-state index in [1.54, 1.807) is 0 Å². The zero-order valence-electron chi connectivity index (χ0n) is 8.83. The summed E-state index contributed by atoms with van der Waals surface area (Å²) in [6.45, 7) is 4.22. The fourth-order valence-corrected chi connectivity index (χ4v) is 1.73. The molecule has 3 atom stereocenters. The highest BCUT2D eigenvalue weighted by Gasteiger charge is 2.42. The van der Waals surface area contributed by atoms with Crippen LogP contribution in [0.15, 0.2) is 0 Å². The molecule has 1 saturated heterocycles. The lowest BCUT2D eigenvalue weighted by molar-refractivity contribution is 0.131. The maximum Gasteiger partial charge on any atom is 0.110 e. The molecule has 0 radical (unpaired) electrons. The molecule has 1 N–H and O–H groups in total. The van der Waals surface area contributed by atoms with Gasteiger partial charge >= 0.3 is 0 Å². The lowest BCUT2D eigenvalue weighted by Crippen LogP contribution is -2.15. The van der Waals surface area contributed by atoms with Crippen molar-refractivity contribution in [3.8, 4) is 0 Å². The monoisotopic (exact) mass is 186 g/mol. The minimum atomic E-state index is -0.226. The Labute approximate surface area is 81.3 Å². The van der Waals surface area contributed by atoms with Gasteiger partial charge in [-0.1, -0.05) is 39.5 Å². The van der Waals surface area contributed by atoms with Crippen LogP contribution in [0.25, 0.3) is 0 Å². The lowest BCUT2D eigenvalue weighted by atomic mass is 10.1. The van der Waals surface area contributed by atoms with Gasteiger partial charge in [-0.05, 0) is 12.8 Å². The number of hydrogen-bond donors (Lipinski definition) is 1. The minimum Gasteiger partial charge on any atom is -0.390 e. The van der Waals surface area contributed by atoms with Crippen LogP contribution < -0.4 is 0 Å². The van der Waals surface area contributed by atoms with Crippen LogP contribution in [-0.4, -0.2) is 23.4 Å². The normalized spacial score (nSPS) is 28.8. The molecular weight excluding hydrogens is 164 g/mol. The van der Waals surface area contributed by atoms with Gasteiger partial charge in [-0.15, -0.1) is 0 Å². The van der Waals surface area contributed by atoms with Crippen LogP contribution in [0.3, 0.4) is 0 Å². The van der Waals surface area contributed by atoms with Gasteiger partial charge in [0.2, 0.25) is 0 Å². The zero-order chi connectivity index (χ0) is 9.68. The van der Waals surface area contributed by atoms with Crippen LogP contribution >= 0.6 is 0 Å². The van der Waals surface area contributed by atoms with E-state index in [0.29, 0.717) is 6.10 Å². The minimum absolute atomic E-state index is 0.159. The second kappa shape index (κ2) is 5.61. The van der Waals surface area contributed by atoms with Crippen LogP contribution in [0, 0.1) is 0 Å². The Bertz CT molecular complexity index is 136. The Hall–Kier alpha value is -0.0800. The van der Waals surface area contributed by atoms with Crippen LogP contribution in [-0.2, 0) is 4.74 Å². The molecule has 0 aromatic rings. The van der Waals surface area contributed by atoms with Gasteiger partial charge in [-0.25, -0.2) is 0 Å². The van der Waals surface area contributed by atoms with Gasteiger partial charge in [0.25, 0.3) is 0 Å². The Balaban J connectivity index is 1.95. The number of rotatable bonds is 7. The van der Waals surface area contributed by atoms with Gasteiger partial charge < -0.3 is 9.84 Å². The summed E-state index contributed by atoms with van der Waals surface area (Å²) in [5, 5.41) is 9.45. The molecule has 0 aromatic carbocycles. The van der Waals surface area contributed by atoms with Crippen molar-refractivity contribution in [2.75, 3.05) is 0 Å². The van der Waals surface area contributed by atoms with E-state index in [4.69, 9.17) is 4.74 Å². The van der Waals surface area contributed by atoms with Gasteiger partial charge in [-0.2, -0.15) is 0 Å². The van der Waals surface area contributed by atoms with Crippen molar-refractivity contribution in [1.82, 2.24) is 0 Å². The standard InChI is InChI=1S/C11H22O2/c1-3-5-6-7-8-10-11(13-10)9(12)4-2/h9-12H,3-8H2,1-2H3/t9-,10+,11+/m1/s1. The molecule has 1 fully saturated rings. The summed E-state index contributed by atoms with van der Waals surface area (Å²) < 4.78 is 5.40. The quantitative estimate of drug-likeness (QED) is 0.489. The molecule has 1 aliphatic heterocycles. The third kappa shape index (κ3) is 3.65. The van der Waals surface area contributed by atoms with Crippen LogP contribution in [0.5, 0.6) is 0 Å². The fraction of sp³-hybridized carbons (Fsp3) is 1.00.